The van der Waals surface area contributed by atoms with E-state index in [1.165, 1.54) is 0 Å². The third-order valence-electron chi connectivity index (χ3n) is 2.75. The maximum absolute atomic E-state index is 11.8. The van der Waals surface area contributed by atoms with Gasteiger partial charge < -0.3 is 10.4 Å². The average molecular weight is 283 g/mol. The fourth-order valence-electron chi connectivity index (χ4n) is 1.83. The highest BCUT2D eigenvalue weighted by Gasteiger charge is 2.18. The smallest absolute Gasteiger partial charge is 0.233 e. The number of hydrogen-bond acceptors (Lipinski definition) is 3. The Morgan fingerprint density at radius 2 is 1.95 bits per heavy atom. The Morgan fingerprint density at radius 3 is 2.47 bits per heavy atom. The normalized spacial score (nSPS) is 14.1. The molecule has 1 rings (SSSR count). The lowest BCUT2D eigenvalue weighted by atomic mass is 9.96. The molecule has 5 heteroatoms. The molecule has 0 aromatic heterocycles. The van der Waals surface area contributed by atoms with Crippen LogP contribution in [0.4, 0.5) is 0 Å². The van der Waals surface area contributed by atoms with Crippen LogP contribution in [0.2, 0.25) is 0 Å². The minimum absolute atomic E-state index is 0.0589. The SMILES string of the molecule is CC(C)C(NC(=O)CS(=O)CCO)c1ccccc1. The summed E-state index contributed by atoms with van der Waals surface area (Å²) in [4.78, 5) is 11.8. The Kier molecular flexibility index (Phi) is 6.73. The van der Waals surface area contributed by atoms with E-state index in [1.807, 2.05) is 44.2 Å². The molecular weight excluding hydrogens is 262 g/mol. The number of nitrogens with one attached hydrogen (secondary N) is 1. The molecule has 2 unspecified atom stereocenters. The fourth-order valence-corrected chi connectivity index (χ4v) is 2.55. The topological polar surface area (TPSA) is 66.4 Å². The van der Waals surface area contributed by atoms with Crippen LogP contribution in [0.5, 0.6) is 0 Å². The molecule has 1 aromatic carbocycles. The van der Waals surface area contributed by atoms with E-state index in [4.69, 9.17) is 5.11 Å². The van der Waals surface area contributed by atoms with Gasteiger partial charge in [0.05, 0.1) is 12.6 Å². The third-order valence-corrected chi connectivity index (χ3v) is 3.97. The first-order valence-electron chi connectivity index (χ1n) is 6.34. The number of hydrogen-bond donors (Lipinski definition) is 2. The van der Waals surface area contributed by atoms with Crippen molar-refractivity contribution < 1.29 is 14.1 Å². The lowest BCUT2D eigenvalue weighted by molar-refractivity contribution is -0.119. The quantitative estimate of drug-likeness (QED) is 0.791. The molecule has 0 saturated heterocycles. The molecule has 4 nitrogen and oxygen atoms in total. The van der Waals surface area contributed by atoms with Gasteiger partial charge in [0, 0.05) is 16.6 Å². The number of benzene rings is 1. The summed E-state index contributed by atoms with van der Waals surface area (Å²) in [6, 6.07) is 9.64. The second kappa shape index (κ2) is 8.07. The molecule has 19 heavy (non-hydrogen) atoms. The van der Waals surface area contributed by atoms with Crippen LogP contribution in [0.3, 0.4) is 0 Å². The van der Waals surface area contributed by atoms with Crippen LogP contribution in [0, 0.1) is 5.92 Å². The molecule has 0 heterocycles. The van der Waals surface area contributed by atoms with Gasteiger partial charge >= 0.3 is 0 Å². The number of carbonyl (C=O) groups excluding carboxylic acids is 1. The zero-order valence-corrected chi connectivity index (χ0v) is 12.2. The van der Waals surface area contributed by atoms with Crippen LogP contribution >= 0.6 is 0 Å². The van der Waals surface area contributed by atoms with Crippen molar-refractivity contribution in [2.24, 2.45) is 5.92 Å². The van der Waals surface area contributed by atoms with E-state index in [2.05, 4.69) is 5.32 Å². The largest absolute Gasteiger partial charge is 0.395 e. The molecule has 0 radical (unpaired) electrons. The van der Waals surface area contributed by atoms with Gasteiger partial charge in [-0.05, 0) is 11.5 Å². The molecule has 106 valence electrons. The van der Waals surface area contributed by atoms with E-state index >= 15 is 0 Å². The van der Waals surface area contributed by atoms with Crippen molar-refractivity contribution in [3.05, 3.63) is 35.9 Å². The molecule has 0 bridgehead atoms. The van der Waals surface area contributed by atoms with Gasteiger partial charge in [0.2, 0.25) is 5.91 Å². The van der Waals surface area contributed by atoms with Gasteiger partial charge in [0.1, 0.15) is 5.75 Å². The van der Waals surface area contributed by atoms with Crippen LogP contribution in [0.15, 0.2) is 30.3 Å². The van der Waals surface area contributed by atoms with Crippen LogP contribution in [0.1, 0.15) is 25.5 Å². The minimum Gasteiger partial charge on any atom is -0.395 e. The lowest BCUT2D eigenvalue weighted by Crippen LogP contribution is -2.35. The molecule has 1 aromatic rings. The highest BCUT2D eigenvalue weighted by Crippen LogP contribution is 2.21. The number of rotatable bonds is 7. The van der Waals surface area contributed by atoms with E-state index in [9.17, 15) is 9.00 Å². The van der Waals surface area contributed by atoms with Crippen molar-refractivity contribution in [1.29, 1.82) is 0 Å². The highest BCUT2D eigenvalue weighted by molar-refractivity contribution is 7.85. The van der Waals surface area contributed by atoms with Crippen LogP contribution in [0.25, 0.3) is 0 Å². The summed E-state index contributed by atoms with van der Waals surface area (Å²) < 4.78 is 11.4. The summed E-state index contributed by atoms with van der Waals surface area (Å²) in [7, 11) is -1.30. The Bertz CT molecular complexity index is 420. The second-order valence-corrected chi connectivity index (χ2v) is 6.29. The Hall–Kier alpha value is -1.20. The summed E-state index contributed by atoms with van der Waals surface area (Å²) in [6.45, 7) is 3.90. The number of aliphatic hydroxyl groups is 1. The van der Waals surface area contributed by atoms with E-state index in [0.717, 1.165) is 5.56 Å². The molecule has 0 aliphatic carbocycles. The zero-order valence-electron chi connectivity index (χ0n) is 11.3. The maximum Gasteiger partial charge on any atom is 0.233 e. The molecule has 0 saturated carbocycles. The van der Waals surface area contributed by atoms with Gasteiger partial charge in [0.15, 0.2) is 0 Å². The molecule has 1 amide bonds. The van der Waals surface area contributed by atoms with Gasteiger partial charge in [-0.3, -0.25) is 9.00 Å². The van der Waals surface area contributed by atoms with Gasteiger partial charge in [-0.2, -0.15) is 0 Å². The summed E-state index contributed by atoms with van der Waals surface area (Å²) >= 11 is 0. The zero-order chi connectivity index (χ0) is 14.3. The van der Waals surface area contributed by atoms with Crippen molar-refractivity contribution in [3.63, 3.8) is 0 Å². The number of carbonyl (C=O) groups is 1. The first kappa shape index (κ1) is 15.9. The van der Waals surface area contributed by atoms with E-state index in [0.29, 0.717) is 0 Å². The lowest BCUT2D eigenvalue weighted by Gasteiger charge is -2.22. The van der Waals surface area contributed by atoms with Gasteiger partial charge in [-0.1, -0.05) is 44.2 Å². The highest BCUT2D eigenvalue weighted by atomic mass is 32.2. The van der Waals surface area contributed by atoms with Crippen LogP contribution < -0.4 is 5.32 Å². The van der Waals surface area contributed by atoms with E-state index in [-0.39, 0.29) is 36.0 Å². The van der Waals surface area contributed by atoms with Crippen molar-refractivity contribution in [2.45, 2.75) is 19.9 Å². The van der Waals surface area contributed by atoms with E-state index < -0.39 is 10.8 Å². The summed E-state index contributed by atoms with van der Waals surface area (Å²) in [6.07, 6.45) is 0. The first-order chi connectivity index (χ1) is 9.04. The summed E-state index contributed by atoms with van der Waals surface area (Å²) in [5, 5.41) is 11.6. The van der Waals surface area contributed by atoms with Gasteiger partial charge in [-0.25, -0.2) is 0 Å². The van der Waals surface area contributed by atoms with Crippen LogP contribution in [-0.4, -0.2) is 33.3 Å². The number of amides is 1. The monoisotopic (exact) mass is 283 g/mol. The van der Waals surface area contributed by atoms with Crippen molar-refractivity contribution in [2.75, 3.05) is 18.1 Å². The molecule has 0 aliphatic rings. The summed E-state index contributed by atoms with van der Waals surface area (Å²) in [5.41, 5.74) is 1.04. The predicted octanol–water partition coefficient (Wildman–Crippen LogP) is 1.24. The molecule has 0 spiro atoms. The number of aliphatic hydroxyl groups excluding tert-OH is 1. The Morgan fingerprint density at radius 1 is 1.32 bits per heavy atom. The molecule has 0 aliphatic heterocycles. The molecule has 2 atom stereocenters. The van der Waals surface area contributed by atoms with Gasteiger partial charge in [-0.15, -0.1) is 0 Å². The fraction of sp³-hybridized carbons (Fsp3) is 0.500. The Labute approximate surface area is 116 Å². The predicted molar refractivity (Wildman–Crippen MR) is 77.1 cm³/mol. The van der Waals surface area contributed by atoms with Crippen LogP contribution in [-0.2, 0) is 15.6 Å². The van der Waals surface area contributed by atoms with Crippen molar-refractivity contribution in [1.82, 2.24) is 5.32 Å². The average Bonchev–Trinajstić information content (AvgIpc) is 2.37. The standard InChI is InChI=1S/C14H21NO3S/c1-11(2)14(12-6-4-3-5-7-12)15-13(17)10-19(18)9-8-16/h3-7,11,14,16H,8-10H2,1-2H3,(H,15,17). The summed E-state index contributed by atoms with van der Waals surface area (Å²) in [5.74, 6) is 0.0915. The van der Waals surface area contributed by atoms with Crippen molar-refractivity contribution in [3.8, 4) is 0 Å². The maximum atomic E-state index is 11.8. The second-order valence-electron chi connectivity index (χ2n) is 4.71. The van der Waals surface area contributed by atoms with E-state index in [1.54, 1.807) is 0 Å². The first-order valence-corrected chi connectivity index (χ1v) is 7.83. The molecular formula is C14H21NO3S. The molecule has 0 fully saturated rings. The Balaban J connectivity index is 2.65. The van der Waals surface area contributed by atoms with Gasteiger partial charge in [0.25, 0.3) is 0 Å². The van der Waals surface area contributed by atoms with Crippen molar-refractivity contribution >= 4 is 16.7 Å². The molecule has 2 N–H and O–H groups in total. The minimum atomic E-state index is -1.30. The third kappa shape index (κ3) is 5.53.